The Kier molecular flexibility index (Phi) is 1.89. The Labute approximate surface area is 58.7 Å². The minimum absolute atomic E-state index is 0.296. The molecule has 1 atom stereocenters. The number of hydrogen-bond acceptors (Lipinski definition) is 3. The zero-order valence-corrected chi connectivity index (χ0v) is 5.74. The van der Waals surface area contributed by atoms with Crippen molar-refractivity contribution < 1.29 is 14.3 Å². The van der Waals surface area contributed by atoms with Crippen molar-refractivity contribution in [2.45, 2.75) is 19.4 Å². The molecule has 4 nitrogen and oxygen atoms in total. The van der Waals surface area contributed by atoms with Gasteiger partial charge in [-0.1, -0.05) is 0 Å². The molecule has 0 radical (unpaired) electrons. The van der Waals surface area contributed by atoms with Crippen molar-refractivity contribution in [1.29, 1.82) is 0 Å². The van der Waals surface area contributed by atoms with Crippen LogP contribution in [0.3, 0.4) is 0 Å². The summed E-state index contributed by atoms with van der Waals surface area (Å²) in [6.45, 7) is 1.76. The normalized spacial score (nSPS) is 24.1. The third kappa shape index (κ3) is 1.72. The van der Waals surface area contributed by atoms with Crippen LogP contribution in [-0.4, -0.2) is 29.6 Å². The molecular weight excluding hydrogens is 134 g/mol. The Morgan fingerprint density at radius 3 is 3.00 bits per heavy atom. The molecule has 0 spiro atoms. The quantitative estimate of drug-likeness (QED) is 0.292. The highest BCUT2D eigenvalue weighted by Crippen LogP contribution is 2.02. The van der Waals surface area contributed by atoms with E-state index in [1.54, 1.807) is 0 Å². The van der Waals surface area contributed by atoms with E-state index >= 15 is 0 Å². The third-order valence-electron chi connectivity index (χ3n) is 1.28. The molecule has 0 amide bonds. The first-order valence-electron chi connectivity index (χ1n) is 3.14. The number of ether oxygens (including phenoxy) is 1. The van der Waals surface area contributed by atoms with Crippen LogP contribution >= 0.6 is 0 Å². The molecule has 10 heavy (non-hydrogen) atoms. The van der Waals surface area contributed by atoms with E-state index in [0.29, 0.717) is 13.0 Å². The van der Waals surface area contributed by atoms with Crippen molar-refractivity contribution in [3.8, 4) is 0 Å². The zero-order valence-electron chi connectivity index (χ0n) is 5.74. The van der Waals surface area contributed by atoms with E-state index in [1.165, 1.54) is 13.1 Å². The number of hydroxylamine groups is 1. The van der Waals surface area contributed by atoms with Gasteiger partial charge in [-0.05, 0) is 0 Å². The van der Waals surface area contributed by atoms with Crippen LogP contribution in [0.15, 0.2) is 0 Å². The van der Waals surface area contributed by atoms with Crippen LogP contribution in [0, 0.1) is 5.21 Å². The summed E-state index contributed by atoms with van der Waals surface area (Å²) in [6, 6.07) is 0. The molecule has 0 saturated carbocycles. The summed E-state index contributed by atoms with van der Waals surface area (Å²) < 4.78 is 5.53. The SMILES string of the molecule is CC(=O)O[C@H]1C=[N+]([O-])CC1. The fourth-order valence-corrected chi connectivity index (χ4v) is 0.892. The minimum Gasteiger partial charge on any atom is -0.624 e. The zero-order chi connectivity index (χ0) is 7.56. The first-order chi connectivity index (χ1) is 4.68. The molecule has 4 heteroatoms. The molecule has 56 valence electrons. The predicted molar refractivity (Wildman–Crippen MR) is 34.7 cm³/mol. The maximum Gasteiger partial charge on any atom is 0.303 e. The van der Waals surface area contributed by atoms with Gasteiger partial charge in [0.2, 0.25) is 0 Å². The molecule has 0 aliphatic carbocycles. The number of carbonyl (C=O) groups excluding carboxylic acids is 1. The average molecular weight is 143 g/mol. The second-order valence-electron chi connectivity index (χ2n) is 2.23. The average Bonchev–Trinajstić information content (AvgIpc) is 2.13. The van der Waals surface area contributed by atoms with E-state index in [9.17, 15) is 10.0 Å². The smallest absolute Gasteiger partial charge is 0.303 e. The molecule has 1 heterocycles. The molecule has 0 N–H and O–H groups in total. The van der Waals surface area contributed by atoms with Crippen LogP contribution < -0.4 is 0 Å². The number of hydrogen-bond donors (Lipinski definition) is 0. The molecule has 0 aromatic carbocycles. The first-order valence-corrected chi connectivity index (χ1v) is 3.14. The van der Waals surface area contributed by atoms with Gasteiger partial charge in [-0.2, -0.15) is 0 Å². The van der Waals surface area contributed by atoms with Crippen molar-refractivity contribution in [3.63, 3.8) is 0 Å². The van der Waals surface area contributed by atoms with E-state index in [-0.39, 0.29) is 12.1 Å². The third-order valence-corrected chi connectivity index (χ3v) is 1.28. The Morgan fingerprint density at radius 2 is 2.60 bits per heavy atom. The predicted octanol–water partition coefficient (Wildman–Crippen LogP) is -0.0971. The molecule has 0 aromatic heterocycles. The highest BCUT2D eigenvalue weighted by atomic mass is 16.5. The molecule has 1 aliphatic heterocycles. The van der Waals surface area contributed by atoms with Crippen molar-refractivity contribution >= 4 is 12.2 Å². The lowest BCUT2D eigenvalue weighted by atomic mass is 10.3. The van der Waals surface area contributed by atoms with E-state index in [0.717, 1.165) is 4.74 Å². The van der Waals surface area contributed by atoms with Gasteiger partial charge in [0.05, 0.1) is 6.42 Å². The molecule has 1 aliphatic rings. The maximum absolute atomic E-state index is 10.5. The summed E-state index contributed by atoms with van der Waals surface area (Å²) in [7, 11) is 0. The highest BCUT2D eigenvalue weighted by Gasteiger charge is 2.20. The van der Waals surface area contributed by atoms with Crippen LogP contribution in [0.5, 0.6) is 0 Å². The summed E-state index contributed by atoms with van der Waals surface area (Å²) in [5, 5.41) is 10.5. The largest absolute Gasteiger partial charge is 0.624 e. The number of carbonyl (C=O) groups is 1. The van der Waals surface area contributed by atoms with Gasteiger partial charge < -0.3 is 9.94 Å². The number of nitrogens with zero attached hydrogens (tertiary/aromatic N) is 1. The maximum atomic E-state index is 10.5. The molecule has 0 aromatic rings. The van der Waals surface area contributed by atoms with E-state index < -0.39 is 0 Å². The van der Waals surface area contributed by atoms with Crippen molar-refractivity contribution in [1.82, 2.24) is 0 Å². The van der Waals surface area contributed by atoms with Crippen LogP contribution in [-0.2, 0) is 9.53 Å². The van der Waals surface area contributed by atoms with E-state index in [1.807, 2.05) is 0 Å². The Hall–Kier alpha value is -1.06. The summed E-state index contributed by atoms with van der Waals surface area (Å²) in [4.78, 5) is 10.3. The molecular formula is C6H9NO3. The second-order valence-corrected chi connectivity index (χ2v) is 2.23. The van der Waals surface area contributed by atoms with E-state index in [2.05, 4.69) is 0 Å². The van der Waals surface area contributed by atoms with Crippen LogP contribution in [0.2, 0.25) is 0 Å². The van der Waals surface area contributed by atoms with Gasteiger partial charge >= 0.3 is 5.97 Å². The lowest BCUT2D eigenvalue weighted by molar-refractivity contribution is -0.443. The number of esters is 1. The summed E-state index contributed by atoms with van der Waals surface area (Å²) in [5.41, 5.74) is 0. The highest BCUT2D eigenvalue weighted by molar-refractivity contribution is 5.70. The fourth-order valence-electron chi connectivity index (χ4n) is 0.892. The summed E-state index contributed by atoms with van der Waals surface area (Å²) in [5.74, 6) is -0.337. The van der Waals surface area contributed by atoms with Crippen molar-refractivity contribution in [2.24, 2.45) is 0 Å². The molecule has 1 rings (SSSR count). The Balaban J connectivity index is 2.38. The van der Waals surface area contributed by atoms with Gasteiger partial charge in [0.25, 0.3) is 0 Å². The Morgan fingerprint density at radius 1 is 1.90 bits per heavy atom. The standard InChI is InChI=1S/C6H9NO3/c1-5(8)10-6-2-3-7(9)4-6/h4,6H,2-3H2,1H3/t6-/m1/s1. The fraction of sp³-hybridized carbons (Fsp3) is 0.667. The van der Waals surface area contributed by atoms with Crippen LogP contribution in [0.4, 0.5) is 0 Å². The van der Waals surface area contributed by atoms with Gasteiger partial charge in [0.15, 0.2) is 18.9 Å². The Bertz CT molecular complexity index is 176. The van der Waals surface area contributed by atoms with Crippen LogP contribution in [0.25, 0.3) is 0 Å². The number of rotatable bonds is 1. The second kappa shape index (κ2) is 2.68. The topological polar surface area (TPSA) is 52.4 Å². The minimum atomic E-state index is -0.337. The van der Waals surface area contributed by atoms with Gasteiger partial charge in [0, 0.05) is 6.92 Å². The lowest BCUT2D eigenvalue weighted by Gasteiger charge is -2.01. The first kappa shape index (κ1) is 7.05. The molecule has 0 unspecified atom stereocenters. The molecule has 0 saturated heterocycles. The summed E-state index contributed by atoms with van der Waals surface area (Å²) >= 11 is 0. The molecule has 0 bridgehead atoms. The lowest BCUT2D eigenvalue weighted by Crippen LogP contribution is -2.14. The monoisotopic (exact) mass is 143 g/mol. The van der Waals surface area contributed by atoms with Crippen molar-refractivity contribution in [2.75, 3.05) is 6.54 Å². The van der Waals surface area contributed by atoms with Gasteiger partial charge in [-0.25, -0.2) is 4.74 Å². The van der Waals surface area contributed by atoms with E-state index in [4.69, 9.17) is 4.74 Å². The van der Waals surface area contributed by atoms with Gasteiger partial charge in [-0.3, -0.25) is 4.79 Å². The van der Waals surface area contributed by atoms with Gasteiger partial charge in [0.1, 0.15) is 0 Å². The van der Waals surface area contributed by atoms with Gasteiger partial charge in [-0.15, -0.1) is 0 Å². The van der Waals surface area contributed by atoms with Crippen molar-refractivity contribution in [3.05, 3.63) is 5.21 Å². The molecule has 0 fully saturated rings. The summed E-state index contributed by atoms with van der Waals surface area (Å²) in [6.07, 6.45) is 1.69. The van der Waals surface area contributed by atoms with Crippen LogP contribution in [0.1, 0.15) is 13.3 Å².